The molecule has 1 aliphatic rings. The van der Waals surface area contributed by atoms with E-state index in [2.05, 4.69) is 36.1 Å². The summed E-state index contributed by atoms with van der Waals surface area (Å²) in [5, 5.41) is 0. The third-order valence-corrected chi connectivity index (χ3v) is 4.96. The monoisotopic (exact) mass is 302 g/mol. The van der Waals surface area contributed by atoms with E-state index in [0.29, 0.717) is 0 Å². The summed E-state index contributed by atoms with van der Waals surface area (Å²) in [7, 11) is 3.68. The molecule has 0 aromatic heterocycles. The molecule has 0 bridgehead atoms. The van der Waals surface area contributed by atoms with Crippen molar-refractivity contribution in [2.24, 2.45) is 5.92 Å². The summed E-state index contributed by atoms with van der Waals surface area (Å²) in [4.78, 5) is 16.1. The van der Waals surface area contributed by atoms with E-state index in [-0.39, 0.29) is 11.9 Å². The molecule has 0 radical (unpaired) electrons. The second-order valence-corrected chi connectivity index (χ2v) is 6.91. The number of amides is 1. The number of hydrogen-bond acceptors (Lipinski definition) is 2. The lowest BCUT2D eigenvalue weighted by molar-refractivity contribution is -0.134. The van der Waals surface area contributed by atoms with Gasteiger partial charge in [-0.1, -0.05) is 29.8 Å². The second kappa shape index (κ2) is 7.77. The van der Waals surface area contributed by atoms with Crippen LogP contribution in [0.2, 0.25) is 0 Å². The maximum Gasteiger partial charge on any atom is 0.239 e. The van der Waals surface area contributed by atoms with Crippen molar-refractivity contribution in [3.63, 3.8) is 0 Å². The largest absolute Gasteiger partial charge is 0.347 e. The number of carbonyl (C=O) groups is 1. The van der Waals surface area contributed by atoms with Gasteiger partial charge in [-0.2, -0.15) is 0 Å². The summed E-state index contributed by atoms with van der Waals surface area (Å²) >= 11 is 0. The smallest absolute Gasteiger partial charge is 0.239 e. The van der Waals surface area contributed by atoms with E-state index < -0.39 is 0 Å². The number of aryl methyl sites for hydroxylation is 2. The van der Waals surface area contributed by atoms with E-state index in [4.69, 9.17) is 0 Å². The Hall–Kier alpha value is -1.35. The highest BCUT2D eigenvalue weighted by Gasteiger charge is 2.27. The van der Waals surface area contributed by atoms with E-state index in [1.807, 2.05) is 21.0 Å². The molecule has 1 saturated heterocycles. The third kappa shape index (κ3) is 4.57. The van der Waals surface area contributed by atoms with Gasteiger partial charge >= 0.3 is 0 Å². The van der Waals surface area contributed by atoms with Gasteiger partial charge in [0.2, 0.25) is 5.91 Å². The van der Waals surface area contributed by atoms with Crippen LogP contribution in [0.3, 0.4) is 0 Å². The average molecular weight is 302 g/mol. The van der Waals surface area contributed by atoms with Gasteiger partial charge in [-0.3, -0.25) is 9.69 Å². The van der Waals surface area contributed by atoms with Gasteiger partial charge in [0.1, 0.15) is 0 Å². The minimum Gasteiger partial charge on any atom is -0.347 e. The Morgan fingerprint density at radius 2 is 1.82 bits per heavy atom. The summed E-state index contributed by atoms with van der Waals surface area (Å²) in [5.74, 6) is 1.03. The zero-order valence-corrected chi connectivity index (χ0v) is 14.5. The van der Waals surface area contributed by atoms with Gasteiger partial charge in [-0.05, 0) is 64.1 Å². The Morgan fingerprint density at radius 1 is 1.23 bits per heavy atom. The third-order valence-electron chi connectivity index (χ3n) is 4.96. The van der Waals surface area contributed by atoms with Gasteiger partial charge in [-0.25, -0.2) is 0 Å². The second-order valence-electron chi connectivity index (χ2n) is 6.91. The zero-order valence-electron chi connectivity index (χ0n) is 14.5. The van der Waals surface area contributed by atoms with Crippen LogP contribution < -0.4 is 0 Å². The van der Waals surface area contributed by atoms with Crippen LogP contribution in [0.25, 0.3) is 0 Å². The minimum atomic E-state index is 0.0213. The van der Waals surface area contributed by atoms with E-state index in [1.54, 1.807) is 4.90 Å². The molecule has 1 amide bonds. The highest BCUT2D eigenvalue weighted by atomic mass is 16.2. The number of piperidine rings is 1. The molecule has 0 N–H and O–H groups in total. The van der Waals surface area contributed by atoms with Crippen molar-refractivity contribution in [1.29, 1.82) is 0 Å². The first-order valence-electron chi connectivity index (χ1n) is 8.48. The van der Waals surface area contributed by atoms with Crippen LogP contribution in [0.5, 0.6) is 0 Å². The van der Waals surface area contributed by atoms with Gasteiger partial charge in [0, 0.05) is 14.1 Å². The predicted molar refractivity (Wildman–Crippen MR) is 92.0 cm³/mol. The standard InChI is InChI=1S/C19H30N2O/c1-15-5-7-17(8-6-15)9-10-18-11-13-21(14-12-18)16(2)19(22)20(3)4/h5-8,16,18H,9-14H2,1-4H3. The summed E-state index contributed by atoms with van der Waals surface area (Å²) in [6.45, 7) is 6.28. The number of likely N-dealkylation sites (tertiary alicyclic amines) is 1. The molecule has 3 heteroatoms. The van der Waals surface area contributed by atoms with Gasteiger partial charge in [0.15, 0.2) is 0 Å². The number of likely N-dealkylation sites (N-methyl/N-ethyl adjacent to an activating group) is 1. The molecule has 1 fully saturated rings. The van der Waals surface area contributed by atoms with E-state index in [0.717, 1.165) is 19.0 Å². The fourth-order valence-electron chi connectivity index (χ4n) is 3.28. The molecule has 0 spiro atoms. The number of carbonyl (C=O) groups excluding carboxylic acids is 1. The number of rotatable bonds is 5. The molecule has 1 aliphatic heterocycles. The molecule has 2 rings (SSSR count). The Balaban J connectivity index is 1.75. The van der Waals surface area contributed by atoms with Crippen molar-refractivity contribution in [2.75, 3.05) is 27.2 Å². The van der Waals surface area contributed by atoms with Gasteiger partial charge in [0.05, 0.1) is 6.04 Å². The van der Waals surface area contributed by atoms with Gasteiger partial charge < -0.3 is 4.90 Å². The number of benzene rings is 1. The fraction of sp³-hybridized carbons (Fsp3) is 0.632. The van der Waals surface area contributed by atoms with Gasteiger partial charge in [-0.15, -0.1) is 0 Å². The summed E-state index contributed by atoms with van der Waals surface area (Å²) in [6, 6.07) is 8.93. The van der Waals surface area contributed by atoms with E-state index in [1.165, 1.54) is 36.8 Å². The summed E-state index contributed by atoms with van der Waals surface area (Å²) in [6.07, 6.45) is 4.89. The highest BCUT2D eigenvalue weighted by Crippen LogP contribution is 2.24. The highest BCUT2D eigenvalue weighted by molar-refractivity contribution is 5.80. The Bertz CT molecular complexity index is 473. The normalized spacial score (nSPS) is 18.2. The lowest BCUT2D eigenvalue weighted by atomic mass is 9.90. The molecule has 122 valence electrons. The Kier molecular flexibility index (Phi) is 6.01. The van der Waals surface area contributed by atoms with Crippen molar-refractivity contribution in [3.05, 3.63) is 35.4 Å². The predicted octanol–water partition coefficient (Wildman–Crippen LogP) is 3.12. The van der Waals surface area contributed by atoms with Crippen molar-refractivity contribution < 1.29 is 4.79 Å². The number of nitrogens with zero attached hydrogens (tertiary/aromatic N) is 2. The van der Waals surface area contributed by atoms with Crippen LogP contribution in [-0.2, 0) is 11.2 Å². The number of hydrogen-bond donors (Lipinski definition) is 0. The van der Waals surface area contributed by atoms with Crippen LogP contribution in [-0.4, -0.2) is 48.9 Å². The molecule has 0 aliphatic carbocycles. The molecule has 22 heavy (non-hydrogen) atoms. The molecule has 0 saturated carbocycles. The maximum atomic E-state index is 12.0. The van der Waals surface area contributed by atoms with Crippen LogP contribution in [0.4, 0.5) is 0 Å². The summed E-state index contributed by atoms with van der Waals surface area (Å²) < 4.78 is 0. The maximum absolute atomic E-state index is 12.0. The topological polar surface area (TPSA) is 23.6 Å². The van der Waals surface area contributed by atoms with Crippen LogP contribution in [0.1, 0.15) is 37.3 Å². The minimum absolute atomic E-state index is 0.0213. The van der Waals surface area contributed by atoms with Crippen molar-refractivity contribution in [2.45, 2.75) is 45.6 Å². The first-order chi connectivity index (χ1) is 10.5. The molecule has 3 nitrogen and oxygen atoms in total. The Labute approximate surface area is 135 Å². The molecule has 1 aromatic carbocycles. The first-order valence-corrected chi connectivity index (χ1v) is 8.48. The van der Waals surface area contributed by atoms with Crippen LogP contribution >= 0.6 is 0 Å². The van der Waals surface area contributed by atoms with Crippen molar-refractivity contribution in [1.82, 2.24) is 9.80 Å². The molecular formula is C19H30N2O. The lowest BCUT2D eigenvalue weighted by Gasteiger charge is -2.36. The lowest BCUT2D eigenvalue weighted by Crippen LogP contribution is -2.47. The van der Waals surface area contributed by atoms with E-state index >= 15 is 0 Å². The van der Waals surface area contributed by atoms with Crippen molar-refractivity contribution >= 4 is 5.91 Å². The molecule has 1 heterocycles. The first kappa shape index (κ1) is 17.0. The summed E-state index contributed by atoms with van der Waals surface area (Å²) in [5.41, 5.74) is 2.78. The average Bonchev–Trinajstić information content (AvgIpc) is 2.53. The fourth-order valence-corrected chi connectivity index (χ4v) is 3.28. The Morgan fingerprint density at radius 3 is 2.36 bits per heavy atom. The zero-order chi connectivity index (χ0) is 16.1. The molecule has 1 atom stereocenters. The SMILES string of the molecule is Cc1ccc(CCC2CCN(C(C)C(=O)N(C)C)CC2)cc1. The quantitative estimate of drug-likeness (QED) is 0.834. The van der Waals surface area contributed by atoms with E-state index in [9.17, 15) is 4.79 Å². The molecular weight excluding hydrogens is 272 g/mol. The van der Waals surface area contributed by atoms with Gasteiger partial charge in [0.25, 0.3) is 0 Å². The molecule has 1 unspecified atom stereocenters. The van der Waals surface area contributed by atoms with Crippen LogP contribution in [0, 0.1) is 12.8 Å². The van der Waals surface area contributed by atoms with Crippen molar-refractivity contribution in [3.8, 4) is 0 Å². The molecule has 1 aromatic rings. The van der Waals surface area contributed by atoms with Crippen LogP contribution in [0.15, 0.2) is 24.3 Å².